The second-order valence-corrected chi connectivity index (χ2v) is 7.75. The third-order valence-electron chi connectivity index (χ3n) is 5.78. The molecule has 2 fully saturated rings. The van der Waals surface area contributed by atoms with Crippen molar-refractivity contribution in [2.24, 2.45) is 11.8 Å². The predicted octanol–water partition coefficient (Wildman–Crippen LogP) is 3.24. The second-order valence-electron chi connectivity index (χ2n) is 7.75. The van der Waals surface area contributed by atoms with E-state index in [9.17, 15) is 0 Å². The fraction of sp³-hybridized carbons (Fsp3) is 1.00. The highest BCUT2D eigenvalue weighted by molar-refractivity contribution is 4.89. The molecule has 0 bridgehead atoms. The van der Waals surface area contributed by atoms with E-state index < -0.39 is 0 Å². The summed E-state index contributed by atoms with van der Waals surface area (Å²) in [5.74, 6) is 1.83. The van der Waals surface area contributed by atoms with Gasteiger partial charge in [0.15, 0.2) is 0 Å². The second kappa shape index (κ2) is 7.94. The predicted molar refractivity (Wildman–Crippen MR) is 89.7 cm³/mol. The van der Waals surface area contributed by atoms with E-state index in [2.05, 4.69) is 37.5 Å². The van der Waals surface area contributed by atoms with Gasteiger partial charge in [0.25, 0.3) is 0 Å². The summed E-state index contributed by atoms with van der Waals surface area (Å²) in [4.78, 5) is 5.39. The van der Waals surface area contributed by atoms with Crippen LogP contribution in [0.5, 0.6) is 0 Å². The molecule has 1 saturated carbocycles. The van der Waals surface area contributed by atoms with Crippen LogP contribution in [-0.2, 0) is 4.74 Å². The van der Waals surface area contributed by atoms with Crippen molar-refractivity contribution in [3.05, 3.63) is 0 Å². The van der Waals surface area contributed by atoms with Crippen LogP contribution in [0.2, 0.25) is 0 Å². The summed E-state index contributed by atoms with van der Waals surface area (Å²) in [6.07, 6.45) is 5.68. The van der Waals surface area contributed by atoms with Gasteiger partial charge in [-0.2, -0.15) is 0 Å². The molecule has 1 saturated heterocycles. The smallest absolute Gasteiger partial charge is 0.0630 e. The van der Waals surface area contributed by atoms with E-state index >= 15 is 0 Å². The van der Waals surface area contributed by atoms with Crippen molar-refractivity contribution in [1.82, 2.24) is 9.80 Å². The van der Waals surface area contributed by atoms with Gasteiger partial charge in [-0.1, -0.05) is 13.8 Å². The van der Waals surface area contributed by atoms with Crippen LogP contribution in [0.1, 0.15) is 53.4 Å². The van der Waals surface area contributed by atoms with Gasteiger partial charge in [0, 0.05) is 44.9 Å². The van der Waals surface area contributed by atoms with Crippen LogP contribution < -0.4 is 0 Å². The standard InChI is InChI=1S/C18H36N2O/c1-14(2)16-6-8-17(9-7-16)19-10-11-20(15(3)4)18(12-19)13-21-5/h14-18H,6-13H2,1-5H3/t16?,17?,18-/m0/s1. The fourth-order valence-corrected chi connectivity index (χ4v) is 4.38. The van der Waals surface area contributed by atoms with Crippen LogP contribution in [0.15, 0.2) is 0 Å². The number of hydrogen-bond acceptors (Lipinski definition) is 3. The van der Waals surface area contributed by atoms with Crippen LogP contribution in [0.4, 0.5) is 0 Å². The molecule has 2 rings (SSSR count). The van der Waals surface area contributed by atoms with Crippen LogP contribution in [0.25, 0.3) is 0 Å². The summed E-state index contributed by atoms with van der Waals surface area (Å²) in [6, 6.07) is 2.03. The zero-order chi connectivity index (χ0) is 15.4. The van der Waals surface area contributed by atoms with Crippen LogP contribution in [0.3, 0.4) is 0 Å². The average Bonchev–Trinajstić information content (AvgIpc) is 2.47. The molecule has 1 aliphatic heterocycles. The first-order valence-corrected chi connectivity index (χ1v) is 9.01. The number of ether oxygens (including phenoxy) is 1. The van der Waals surface area contributed by atoms with Crippen molar-refractivity contribution in [3.63, 3.8) is 0 Å². The summed E-state index contributed by atoms with van der Waals surface area (Å²) in [6.45, 7) is 13.9. The Morgan fingerprint density at radius 1 is 1.00 bits per heavy atom. The minimum absolute atomic E-state index is 0.576. The number of methoxy groups -OCH3 is 1. The van der Waals surface area contributed by atoms with Crippen LogP contribution in [-0.4, -0.2) is 61.3 Å². The molecule has 2 aliphatic rings. The molecule has 0 N–H and O–H groups in total. The highest BCUT2D eigenvalue weighted by Gasteiger charge is 2.34. The average molecular weight is 296 g/mol. The highest BCUT2D eigenvalue weighted by atomic mass is 16.5. The molecule has 0 aromatic rings. The molecule has 0 unspecified atom stereocenters. The number of hydrogen-bond donors (Lipinski definition) is 0. The SMILES string of the molecule is COC[C@@H]1CN(C2CCC(C(C)C)CC2)CCN1C(C)C. The molecular weight excluding hydrogens is 260 g/mol. The summed E-state index contributed by atoms with van der Waals surface area (Å²) in [7, 11) is 1.84. The molecule has 21 heavy (non-hydrogen) atoms. The maximum absolute atomic E-state index is 5.48. The molecule has 3 nitrogen and oxygen atoms in total. The summed E-state index contributed by atoms with van der Waals surface area (Å²) < 4.78 is 5.48. The van der Waals surface area contributed by atoms with Gasteiger partial charge >= 0.3 is 0 Å². The fourth-order valence-electron chi connectivity index (χ4n) is 4.38. The molecule has 3 heteroatoms. The largest absolute Gasteiger partial charge is 0.383 e. The van der Waals surface area contributed by atoms with Crippen molar-refractivity contribution in [2.45, 2.75) is 71.5 Å². The van der Waals surface area contributed by atoms with E-state index in [4.69, 9.17) is 4.74 Å². The lowest BCUT2D eigenvalue weighted by Gasteiger charge is -2.47. The number of rotatable bonds is 5. The summed E-state index contributed by atoms with van der Waals surface area (Å²) >= 11 is 0. The van der Waals surface area contributed by atoms with Crippen molar-refractivity contribution in [2.75, 3.05) is 33.4 Å². The Morgan fingerprint density at radius 3 is 2.19 bits per heavy atom. The lowest BCUT2D eigenvalue weighted by molar-refractivity contribution is -0.0156. The first-order valence-electron chi connectivity index (χ1n) is 9.01. The molecule has 1 aliphatic carbocycles. The molecule has 0 spiro atoms. The van der Waals surface area contributed by atoms with Gasteiger partial charge in [-0.25, -0.2) is 0 Å². The first-order chi connectivity index (χ1) is 10.0. The Hall–Kier alpha value is -0.120. The van der Waals surface area contributed by atoms with Crippen molar-refractivity contribution < 1.29 is 4.74 Å². The van der Waals surface area contributed by atoms with E-state index in [1.165, 1.54) is 45.3 Å². The monoisotopic (exact) mass is 296 g/mol. The number of piperazine rings is 1. The molecule has 0 aromatic heterocycles. The normalized spacial score (nSPS) is 33.0. The van der Waals surface area contributed by atoms with Crippen molar-refractivity contribution >= 4 is 0 Å². The Morgan fingerprint density at radius 2 is 1.67 bits per heavy atom. The van der Waals surface area contributed by atoms with Gasteiger partial charge in [0.2, 0.25) is 0 Å². The highest BCUT2D eigenvalue weighted by Crippen LogP contribution is 2.33. The Bertz CT molecular complexity index is 298. The molecule has 124 valence electrons. The molecular formula is C18H36N2O. The zero-order valence-electron chi connectivity index (χ0n) is 14.8. The molecule has 0 amide bonds. The van der Waals surface area contributed by atoms with Gasteiger partial charge in [-0.15, -0.1) is 0 Å². The summed E-state index contributed by atoms with van der Waals surface area (Å²) in [5.41, 5.74) is 0. The van der Waals surface area contributed by atoms with Crippen molar-refractivity contribution in [3.8, 4) is 0 Å². The van der Waals surface area contributed by atoms with Crippen molar-refractivity contribution in [1.29, 1.82) is 0 Å². The van der Waals surface area contributed by atoms with E-state index in [1.54, 1.807) is 0 Å². The minimum Gasteiger partial charge on any atom is -0.383 e. The molecule has 1 atom stereocenters. The van der Waals surface area contributed by atoms with Crippen LogP contribution >= 0.6 is 0 Å². The van der Waals surface area contributed by atoms with E-state index in [-0.39, 0.29) is 0 Å². The van der Waals surface area contributed by atoms with Gasteiger partial charge < -0.3 is 4.74 Å². The van der Waals surface area contributed by atoms with Gasteiger partial charge in [0.1, 0.15) is 0 Å². The first kappa shape index (κ1) is 17.2. The third kappa shape index (κ3) is 4.43. The minimum atomic E-state index is 0.576. The molecule has 0 radical (unpaired) electrons. The van der Waals surface area contributed by atoms with Gasteiger partial charge in [-0.3, -0.25) is 9.80 Å². The van der Waals surface area contributed by atoms with E-state index in [0.717, 1.165) is 24.5 Å². The Balaban J connectivity index is 1.88. The van der Waals surface area contributed by atoms with E-state index in [1.807, 2.05) is 7.11 Å². The van der Waals surface area contributed by atoms with Crippen LogP contribution in [0, 0.1) is 11.8 Å². The van der Waals surface area contributed by atoms with Gasteiger partial charge in [-0.05, 0) is 51.4 Å². The molecule has 0 aromatic carbocycles. The topological polar surface area (TPSA) is 15.7 Å². The lowest BCUT2D eigenvalue weighted by Crippen LogP contribution is -2.59. The maximum atomic E-state index is 5.48. The van der Waals surface area contributed by atoms with E-state index in [0.29, 0.717) is 12.1 Å². The summed E-state index contributed by atoms with van der Waals surface area (Å²) in [5, 5.41) is 0. The number of nitrogens with zero attached hydrogens (tertiary/aromatic N) is 2. The zero-order valence-corrected chi connectivity index (χ0v) is 14.8. The Kier molecular flexibility index (Phi) is 6.51. The molecule has 1 heterocycles. The quantitative estimate of drug-likeness (QED) is 0.774. The Labute approximate surface area is 132 Å². The van der Waals surface area contributed by atoms with Gasteiger partial charge in [0.05, 0.1) is 6.61 Å². The lowest BCUT2D eigenvalue weighted by atomic mass is 9.79. The third-order valence-corrected chi connectivity index (χ3v) is 5.78. The maximum Gasteiger partial charge on any atom is 0.0630 e.